The minimum Gasteiger partial charge on any atom is -0.356 e. The van der Waals surface area contributed by atoms with E-state index in [4.69, 9.17) is 4.98 Å². The first kappa shape index (κ1) is 22.8. The minimum atomic E-state index is 0.244. The third-order valence-corrected chi connectivity index (χ3v) is 6.29. The summed E-state index contributed by atoms with van der Waals surface area (Å²) in [6, 6.07) is 8.48. The van der Waals surface area contributed by atoms with Gasteiger partial charge in [0.2, 0.25) is 5.91 Å². The number of carbonyl (C=O) groups excluding carboxylic acids is 1. The van der Waals surface area contributed by atoms with Gasteiger partial charge in [0, 0.05) is 25.4 Å². The first-order valence-corrected chi connectivity index (χ1v) is 12.5. The molecule has 4 heteroatoms. The summed E-state index contributed by atoms with van der Waals surface area (Å²) < 4.78 is 2.42. The monoisotopic (exact) mass is 411 g/mol. The Labute approximate surface area is 182 Å². The van der Waals surface area contributed by atoms with Gasteiger partial charge < -0.3 is 9.88 Å². The number of hydrogen-bond acceptors (Lipinski definition) is 2. The molecule has 0 atom stereocenters. The van der Waals surface area contributed by atoms with E-state index in [1.807, 2.05) is 0 Å². The number of carbonyl (C=O) groups is 1. The molecule has 0 unspecified atom stereocenters. The van der Waals surface area contributed by atoms with Gasteiger partial charge in [-0.1, -0.05) is 76.8 Å². The molecule has 1 fully saturated rings. The van der Waals surface area contributed by atoms with Crippen LogP contribution in [0, 0.1) is 5.92 Å². The molecule has 166 valence electrons. The smallest absolute Gasteiger partial charge is 0.223 e. The van der Waals surface area contributed by atoms with Gasteiger partial charge in [0.1, 0.15) is 5.82 Å². The Kier molecular flexibility index (Phi) is 9.72. The van der Waals surface area contributed by atoms with E-state index in [0.29, 0.717) is 5.92 Å². The fraction of sp³-hybridized carbons (Fsp3) is 0.692. The fourth-order valence-electron chi connectivity index (χ4n) is 4.27. The second-order valence-corrected chi connectivity index (χ2v) is 9.02. The molecule has 30 heavy (non-hydrogen) atoms. The number of hydrogen-bond donors (Lipinski definition) is 1. The van der Waals surface area contributed by atoms with Crippen molar-refractivity contribution in [2.45, 2.75) is 103 Å². The van der Waals surface area contributed by atoms with Crippen molar-refractivity contribution in [3.8, 4) is 0 Å². The van der Waals surface area contributed by atoms with Crippen LogP contribution in [0.5, 0.6) is 0 Å². The van der Waals surface area contributed by atoms with E-state index in [-0.39, 0.29) is 5.91 Å². The van der Waals surface area contributed by atoms with Crippen LogP contribution in [-0.2, 0) is 17.8 Å². The highest BCUT2D eigenvalue weighted by molar-refractivity contribution is 5.80. The average Bonchev–Trinajstić information content (AvgIpc) is 3.55. The lowest BCUT2D eigenvalue weighted by Crippen LogP contribution is -2.26. The summed E-state index contributed by atoms with van der Waals surface area (Å²) in [5, 5.41) is 3.08. The zero-order chi connectivity index (χ0) is 21.0. The quantitative estimate of drug-likeness (QED) is 0.324. The van der Waals surface area contributed by atoms with Crippen LogP contribution < -0.4 is 5.32 Å². The van der Waals surface area contributed by atoms with E-state index in [1.54, 1.807) is 0 Å². The van der Waals surface area contributed by atoms with Crippen molar-refractivity contribution in [1.29, 1.82) is 0 Å². The van der Waals surface area contributed by atoms with E-state index in [1.165, 1.54) is 75.5 Å². The lowest BCUT2D eigenvalue weighted by atomic mass is 10.1. The number of unbranched alkanes of at least 4 members (excludes halogenated alkanes) is 9. The van der Waals surface area contributed by atoms with E-state index in [9.17, 15) is 4.79 Å². The van der Waals surface area contributed by atoms with E-state index in [2.05, 4.69) is 41.1 Å². The Morgan fingerprint density at radius 1 is 0.967 bits per heavy atom. The number of rotatable bonds is 16. The number of aryl methyl sites for hydroxylation is 2. The van der Waals surface area contributed by atoms with Crippen LogP contribution in [0.2, 0.25) is 0 Å². The van der Waals surface area contributed by atoms with Crippen molar-refractivity contribution in [3.63, 3.8) is 0 Å². The summed E-state index contributed by atoms with van der Waals surface area (Å²) in [5.74, 6) is 1.72. The van der Waals surface area contributed by atoms with Crippen LogP contribution in [0.3, 0.4) is 0 Å². The molecule has 3 rings (SSSR count). The Morgan fingerprint density at radius 2 is 1.63 bits per heavy atom. The van der Waals surface area contributed by atoms with Gasteiger partial charge in [-0.05, 0) is 37.8 Å². The maximum atomic E-state index is 11.8. The molecular formula is C26H41N3O. The molecule has 1 aromatic carbocycles. The van der Waals surface area contributed by atoms with Gasteiger partial charge in [-0.25, -0.2) is 4.98 Å². The van der Waals surface area contributed by atoms with E-state index < -0.39 is 0 Å². The number of para-hydroxylation sites is 2. The maximum absolute atomic E-state index is 11.8. The molecule has 1 saturated carbocycles. The molecule has 1 aromatic heterocycles. The number of nitrogens with zero attached hydrogens (tertiary/aromatic N) is 2. The van der Waals surface area contributed by atoms with Crippen LogP contribution in [0.25, 0.3) is 11.0 Å². The van der Waals surface area contributed by atoms with Crippen molar-refractivity contribution >= 4 is 16.9 Å². The van der Waals surface area contributed by atoms with Crippen molar-refractivity contribution in [1.82, 2.24) is 14.9 Å². The molecular weight excluding hydrogens is 370 g/mol. The summed E-state index contributed by atoms with van der Waals surface area (Å²) in [6.45, 7) is 4.10. The third kappa shape index (κ3) is 7.45. The minimum absolute atomic E-state index is 0.244. The Hall–Kier alpha value is -1.84. The predicted molar refractivity (Wildman–Crippen MR) is 126 cm³/mol. The molecule has 1 aliphatic rings. The molecule has 0 saturated heterocycles. The van der Waals surface area contributed by atoms with Crippen molar-refractivity contribution in [3.05, 3.63) is 30.1 Å². The highest BCUT2D eigenvalue weighted by atomic mass is 16.2. The Bertz CT molecular complexity index is 763. The first-order valence-electron chi connectivity index (χ1n) is 12.5. The summed E-state index contributed by atoms with van der Waals surface area (Å²) >= 11 is 0. The number of fused-ring (bicyclic) bond motifs is 1. The van der Waals surface area contributed by atoms with E-state index >= 15 is 0 Å². The number of amides is 1. The molecule has 0 spiro atoms. The van der Waals surface area contributed by atoms with Gasteiger partial charge in [-0.15, -0.1) is 0 Å². The topological polar surface area (TPSA) is 46.9 Å². The van der Waals surface area contributed by atoms with Crippen LogP contribution in [0.15, 0.2) is 24.3 Å². The van der Waals surface area contributed by atoms with Crippen molar-refractivity contribution in [2.75, 3.05) is 6.54 Å². The Balaban J connectivity index is 1.38. The summed E-state index contributed by atoms with van der Waals surface area (Å²) in [7, 11) is 0. The van der Waals surface area contributed by atoms with Gasteiger partial charge in [-0.2, -0.15) is 0 Å². The van der Waals surface area contributed by atoms with Gasteiger partial charge in [0.15, 0.2) is 0 Å². The summed E-state index contributed by atoms with van der Waals surface area (Å²) in [4.78, 5) is 16.7. The first-order chi connectivity index (χ1) is 14.8. The maximum Gasteiger partial charge on any atom is 0.223 e. The standard InChI is InChI=1S/C26H41N3O/c1-2-3-4-5-6-7-8-9-10-13-21-29-24-16-12-11-15-23(24)28-25(29)17-14-20-27-26(30)22-18-19-22/h11-12,15-16,22H,2-10,13-14,17-21H2,1H3,(H,27,30). The predicted octanol–water partition coefficient (Wildman–Crippen LogP) is 6.42. The second-order valence-electron chi connectivity index (χ2n) is 9.02. The number of aromatic nitrogens is 2. The molecule has 1 heterocycles. The molecule has 0 radical (unpaired) electrons. The lowest BCUT2D eigenvalue weighted by Gasteiger charge is -2.10. The van der Waals surface area contributed by atoms with E-state index in [0.717, 1.165) is 44.3 Å². The van der Waals surface area contributed by atoms with Gasteiger partial charge in [0.25, 0.3) is 0 Å². The highest BCUT2D eigenvalue weighted by Gasteiger charge is 2.29. The number of benzene rings is 1. The molecule has 1 aliphatic carbocycles. The molecule has 2 aromatic rings. The number of nitrogens with one attached hydrogen (secondary N) is 1. The van der Waals surface area contributed by atoms with Crippen molar-refractivity contribution in [2.24, 2.45) is 5.92 Å². The normalized spacial score (nSPS) is 13.8. The van der Waals surface area contributed by atoms with Gasteiger partial charge in [0.05, 0.1) is 11.0 Å². The number of imidazole rings is 1. The lowest BCUT2D eigenvalue weighted by molar-refractivity contribution is -0.122. The largest absolute Gasteiger partial charge is 0.356 e. The summed E-state index contributed by atoms with van der Waals surface area (Å²) in [5.41, 5.74) is 2.35. The molecule has 4 nitrogen and oxygen atoms in total. The van der Waals surface area contributed by atoms with Gasteiger partial charge >= 0.3 is 0 Å². The van der Waals surface area contributed by atoms with Crippen LogP contribution >= 0.6 is 0 Å². The fourth-order valence-corrected chi connectivity index (χ4v) is 4.27. The van der Waals surface area contributed by atoms with Gasteiger partial charge in [-0.3, -0.25) is 4.79 Å². The highest BCUT2D eigenvalue weighted by Crippen LogP contribution is 2.28. The molecule has 0 aliphatic heterocycles. The molecule has 1 amide bonds. The summed E-state index contributed by atoms with van der Waals surface area (Å²) in [6.07, 6.45) is 17.7. The third-order valence-electron chi connectivity index (χ3n) is 6.29. The van der Waals surface area contributed by atoms with Crippen molar-refractivity contribution < 1.29 is 4.79 Å². The van der Waals surface area contributed by atoms with Crippen LogP contribution in [0.1, 0.15) is 96.2 Å². The average molecular weight is 412 g/mol. The molecule has 0 bridgehead atoms. The van der Waals surface area contributed by atoms with Crippen LogP contribution in [-0.4, -0.2) is 22.0 Å². The zero-order valence-corrected chi connectivity index (χ0v) is 19.0. The Morgan fingerprint density at radius 3 is 2.33 bits per heavy atom. The zero-order valence-electron chi connectivity index (χ0n) is 19.0. The SMILES string of the molecule is CCCCCCCCCCCCn1c(CCCNC(=O)C2CC2)nc2ccccc21. The molecule has 1 N–H and O–H groups in total. The second kappa shape index (κ2) is 12.8. The van der Waals surface area contributed by atoms with Crippen LogP contribution in [0.4, 0.5) is 0 Å².